The molecule has 0 saturated carbocycles. The minimum atomic E-state index is 0.466. The van der Waals surface area contributed by atoms with Crippen LogP contribution >= 0.6 is 0 Å². The van der Waals surface area contributed by atoms with Gasteiger partial charge in [0, 0.05) is 29.0 Å². The van der Waals surface area contributed by atoms with Gasteiger partial charge in [0.2, 0.25) is 5.65 Å². The monoisotopic (exact) mass is 321 g/mol. The molecule has 5 nitrogen and oxygen atoms in total. The van der Waals surface area contributed by atoms with Crippen molar-refractivity contribution in [2.45, 2.75) is 0 Å². The highest BCUT2D eigenvalue weighted by molar-refractivity contribution is 5.81. The molecule has 4 aromatic rings. The highest BCUT2D eigenvalue weighted by atomic mass is 15.1. The van der Waals surface area contributed by atoms with E-state index in [1.54, 1.807) is 22.9 Å². The first-order chi connectivity index (χ1) is 12.3. The molecule has 0 spiro atoms. The molecule has 3 aromatic heterocycles. The third-order valence-electron chi connectivity index (χ3n) is 3.98. The Morgan fingerprint density at radius 3 is 2.80 bits per heavy atom. The van der Waals surface area contributed by atoms with E-state index in [0.717, 1.165) is 28.0 Å². The van der Waals surface area contributed by atoms with Crippen molar-refractivity contribution in [3.05, 3.63) is 84.1 Å². The van der Waals surface area contributed by atoms with Crippen LogP contribution < -0.4 is 0 Å². The number of hydrogen-bond donors (Lipinski definition) is 0. The first kappa shape index (κ1) is 14.6. The molecule has 5 heteroatoms. The molecule has 0 aliphatic heterocycles. The van der Waals surface area contributed by atoms with Crippen LogP contribution in [0.5, 0.6) is 0 Å². The maximum Gasteiger partial charge on any atom is 0.254 e. The summed E-state index contributed by atoms with van der Waals surface area (Å²) in [5.41, 5.74) is 4.86. The van der Waals surface area contributed by atoms with E-state index in [1.807, 2.05) is 48.7 Å². The molecular weight excluding hydrogens is 310 g/mol. The van der Waals surface area contributed by atoms with Gasteiger partial charge in [0.15, 0.2) is 0 Å². The number of hydrogen-bond acceptors (Lipinski definition) is 3. The largest absolute Gasteiger partial charge is 0.362 e. The summed E-state index contributed by atoms with van der Waals surface area (Å²) in [4.78, 5) is 12.2. The molecule has 0 fully saturated rings. The molecule has 3 heterocycles. The van der Waals surface area contributed by atoms with E-state index in [0.29, 0.717) is 11.4 Å². The summed E-state index contributed by atoms with van der Waals surface area (Å²) in [6, 6.07) is 17.2. The summed E-state index contributed by atoms with van der Waals surface area (Å²) >= 11 is 0. The van der Waals surface area contributed by atoms with Gasteiger partial charge in [-0.1, -0.05) is 24.8 Å². The van der Waals surface area contributed by atoms with Gasteiger partial charge in [-0.05, 0) is 24.3 Å². The zero-order valence-electron chi connectivity index (χ0n) is 13.1. The number of pyridine rings is 2. The molecule has 116 valence electrons. The topological polar surface area (TPSA) is 58.3 Å². The third-order valence-corrected chi connectivity index (χ3v) is 3.98. The lowest BCUT2D eigenvalue weighted by molar-refractivity contribution is 1.20. The van der Waals surface area contributed by atoms with Gasteiger partial charge in [-0.15, -0.1) is 0 Å². The number of rotatable bonds is 2. The van der Waals surface area contributed by atoms with Gasteiger partial charge in [-0.3, -0.25) is 4.98 Å². The van der Waals surface area contributed by atoms with Crippen LogP contribution in [-0.2, 0) is 0 Å². The van der Waals surface area contributed by atoms with Crippen LogP contribution in [0.1, 0.15) is 5.56 Å². The van der Waals surface area contributed by atoms with Gasteiger partial charge in [-0.25, -0.2) is 9.38 Å². The Labute approximate surface area is 144 Å². The summed E-state index contributed by atoms with van der Waals surface area (Å²) < 4.78 is 1.77. The fraction of sp³-hybridized carbons (Fsp3) is 0. The molecular formula is C20H11N5. The normalized spacial score (nSPS) is 10.3. The number of nitriles is 1. The van der Waals surface area contributed by atoms with E-state index in [2.05, 4.69) is 20.9 Å². The predicted molar refractivity (Wildman–Crippen MR) is 94.8 cm³/mol. The molecule has 25 heavy (non-hydrogen) atoms. The lowest BCUT2D eigenvalue weighted by Gasteiger charge is -2.09. The summed E-state index contributed by atoms with van der Waals surface area (Å²) in [7, 11) is 0. The highest BCUT2D eigenvalue weighted by Gasteiger charge is 2.12. The van der Waals surface area contributed by atoms with Crippen molar-refractivity contribution in [3.63, 3.8) is 0 Å². The first-order valence-corrected chi connectivity index (χ1v) is 7.60. The van der Waals surface area contributed by atoms with Gasteiger partial charge in [0.1, 0.15) is 0 Å². The summed E-state index contributed by atoms with van der Waals surface area (Å²) in [5.74, 6) is 0.466. The van der Waals surface area contributed by atoms with Crippen molar-refractivity contribution in [1.82, 2.24) is 14.4 Å². The molecule has 0 atom stereocenters. The molecule has 1 aromatic carbocycles. The molecule has 0 amide bonds. The predicted octanol–water partition coefficient (Wildman–Crippen LogP) is 4.49. The number of imidazole rings is 1. The van der Waals surface area contributed by atoms with E-state index < -0.39 is 0 Å². The minimum Gasteiger partial charge on any atom is -0.362 e. The average Bonchev–Trinajstić information content (AvgIpc) is 3.10. The van der Waals surface area contributed by atoms with E-state index in [9.17, 15) is 0 Å². The maximum absolute atomic E-state index is 9.14. The Balaban J connectivity index is 1.92. The lowest BCUT2D eigenvalue weighted by Crippen LogP contribution is -1.92. The van der Waals surface area contributed by atoms with Crippen molar-refractivity contribution < 1.29 is 0 Å². The second-order valence-corrected chi connectivity index (χ2v) is 5.47. The van der Waals surface area contributed by atoms with Crippen LogP contribution in [0.15, 0.2) is 67.1 Å². The van der Waals surface area contributed by atoms with Crippen molar-refractivity contribution in [3.8, 4) is 28.5 Å². The number of nitrogens with zero attached hydrogens (tertiary/aromatic N) is 5. The van der Waals surface area contributed by atoms with Crippen LogP contribution in [0.2, 0.25) is 0 Å². The van der Waals surface area contributed by atoms with Crippen molar-refractivity contribution in [2.24, 2.45) is 0 Å². The lowest BCUT2D eigenvalue weighted by atomic mass is 9.99. The molecule has 4 rings (SSSR count). The van der Waals surface area contributed by atoms with E-state index >= 15 is 0 Å². The van der Waals surface area contributed by atoms with E-state index in [1.165, 1.54) is 0 Å². The van der Waals surface area contributed by atoms with Gasteiger partial charge in [-0.2, -0.15) is 5.26 Å². The Hall–Kier alpha value is -3.96. The molecule has 0 bridgehead atoms. The SMILES string of the molecule is [C-]#[N+]c1cnc2ccc(-c3cccnc3-c3cccc(C#N)c3)cn12. The summed E-state index contributed by atoms with van der Waals surface area (Å²) in [6.07, 6.45) is 5.19. The fourth-order valence-corrected chi connectivity index (χ4v) is 2.81. The number of benzene rings is 1. The van der Waals surface area contributed by atoms with Gasteiger partial charge < -0.3 is 4.85 Å². The quantitative estimate of drug-likeness (QED) is 0.511. The molecule has 0 saturated heterocycles. The van der Waals surface area contributed by atoms with Gasteiger partial charge in [0.05, 0.1) is 29.7 Å². The van der Waals surface area contributed by atoms with Gasteiger partial charge >= 0.3 is 0 Å². The standard InChI is InChI=1S/C20H11N5/c1-22-19-12-24-18-8-7-16(13-25(18)19)17-6-3-9-23-20(17)15-5-2-4-14(10-15)11-21/h2-10,12-13H. The molecule has 0 aliphatic carbocycles. The number of aromatic nitrogens is 3. The van der Waals surface area contributed by atoms with Crippen LogP contribution in [0.3, 0.4) is 0 Å². The first-order valence-electron chi connectivity index (χ1n) is 7.60. The second-order valence-electron chi connectivity index (χ2n) is 5.47. The maximum atomic E-state index is 9.14. The van der Waals surface area contributed by atoms with Crippen LogP contribution in [0.25, 0.3) is 32.9 Å². The third kappa shape index (κ3) is 2.50. The Bertz CT molecular complexity index is 1170. The molecule has 0 radical (unpaired) electrons. The summed E-state index contributed by atoms with van der Waals surface area (Å²) in [6.45, 7) is 7.26. The molecule has 0 aliphatic rings. The smallest absolute Gasteiger partial charge is 0.254 e. The average molecular weight is 321 g/mol. The van der Waals surface area contributed by atoms with Crippen LogP contribution in [-0.4, -0.2) is 14.4 Å². The van der Waals surface area contributed by atoms with Crippen molar-refractivity contribution in [2.75, 3.05) is 0 Å². The van der Waals surface area contributed by atoms with Crippen molar-refractivity contribution >= 4 is 11.5 Å². The summed E-state index contributed by atoms with van der Waals surface area (Å²) in [5, 5.41) is 9.14. The van der Waals surface area contributed by atoms with Crippen LogP contribution in [0.4, 0.5) is 5.82 Å². The minimum absolute atomic E-state index is 0.466. The van der Waals surface area contributed by atoms with Crippen LogP contribution in [0, 0.1) is 17.9 Å². The van der Waals surface area contributed by atoms with E-state index in [4.69, 9.17) is 11.8 Å². The van der Waals surface area contributed by atoms with Gasteiger partial charge in [0.25, 0.3) is 5.82 Å². The number of fused-ring (bicyclic) bond motifs is 1. The second kappa shape index (κ2) is 5.92. The highest BCUT2D eigenvalue weighted by Crippen LogP contribution is 2.31. The Morgan fingerprint density at radius 1 is 1.04 bits per heavy atom. The molecule has 0 N–H and O–H groups in total. The molecule has 0 unspecified atom stereocenters. The zero-order chi connectivity index (χ0) is 17.2. The fourth-order valence-electron chi connectivity index (χ4n) is 2.81. The van der Waals surface area contributed by atoms with E-state index in [-0.39, 0.29) is 0 Å². The zero-order valence-corrected chi connectivity index (χ0v) is 13.1. The van der Waals surface area contributed by atoms with Crippen molar-refractivity contribution in [1.29, 1.82) is 5.26 Å². The Kier molecular flexibility index (Phi) is 3.46. The Morgan fingerprint density at radius 2 is 1.96 bits per heavy atom.